The molecule has 3 aliphatic heterocycles. The van der Waals surface area contributed by atoms with Crippen LogP contribution in [-0.2, 0) is 9.53 Å². The molecule has 6 nitrogen and oxygen atoms in total. The van der Waals surface area contributed by atoms with Gasteiger partial charge in [-0.3, -0.25) is 9.69 Å². The lowest BCUT2D eigenvalue weighted by Crippen LogP contribution is -2.57. The largest absolute Gasteiger partial charge is 0.375 e. The lowest BCUT2D eigenvalue weighted by Gasteiger charge is -2.50. The van der Waals surface area contributed by atoms with E-state index in [1.165, 1.54) is 0 Å². The van der Waals surface area contributed by atoms with Gasteiger partial charge in [-0.2, -0.15) is 0 Å². The Morgan fingerprint density at radius 2 is 1.89 bits per heavy atom. The number of ether oxygens (including phenoxy) is 1. The van der Waals surface area contributed by atoms with Gasteiger partial charge in [0.15, 0.2) is 0 Å². The van der Waals surface area contributed by atoms with Crippen LogP contribution in [0.3, 0.4) is 0 Å². The number of carbonyl (C=O) groups excluding carboxylic acids is 1. The van der Waals surface area contributed by atoms with Gasteiger partial charge in [-0.05, 0) is 37.8 Å². The molecule has 0 N–H and O–H groups in total. The van der Waals surface area contributed by atoms with E-state index in [4.69, 9.17) is 4.74 Å². The average Bonchev–Trinajstić information content (AvgIpc) is 2.75. The molecule has 1 amide bonds. The number of hydrogen-bond donors (Lipinski definition) is 0. The van der Waals surface area contributed by atoms with Crippen molar-refractivity contribution in [2.45, 2.75) is 51.2 Å². The zero-order valence-electron chi connectivity index (χ0n) is 17.3. The molecule has 154 valence electrons. The third-order valence-electron chi connectivity index (χ3n) is 6.75. The Bertz CT molecular complexity index is 650. The van der Waals surface area contributed by atoms with Gasteiger partial charge in [-0.25, -0.2) is 4.98 Å². The van der Waals surface area contributed by atoms with Crippen molar-refractivity contribution in [3.63, 3.8) is 0 Å². The number of likely N-dealkylation sites (tertiary alicyclic amines) is 1. The van der Waals surface area contributed by atoms with Gasteiger partial charge < -0.3 is 14.5 Å². The van der Waals surface area contributed by atoms with Gasteiger partial charge in [0.25, 0.3) is 0 Å². The van der Waals surface area contributed by atoms with E-state index in [2.05, 4.69) is 26.9 Å². The number of piperidine rings is 1. The van der Waals surface area contributed by atoms with Gasteiger partial charge in [0, 0.05) is 64.0 Å². The Morgan fingerprint density at radius 1 is 1.14 bits per heavy atom. The van der Waals surface area contributed by atoms with Crippen LogP contribution in [-0.4, -0.2) is 78.2 Å². The van der Waals surface area contributed by atoms with Crippen molar-refractivity contribution in [3.8, 4) is 0 Å². The normalized spacial score (nSPS) is 26.0. The predicted octanol–water partition coefficient (Wildman–Crippen LogP) is 2.40. The molecule has 0 radical (unpaired) electrons. The fourth-order valence-electron chi connectivity index (χ4n) is 5.02. The Balaban J connectivity index is 1.31. The van der Waals surface area contributed by atoms with Crippen LogP contribution in [0.4, 0.5) is 5.82 Å². The third-order valence-corrected chi connectivity index (χ3v) is 6.75. The molecule has 3 fully saturated rings. The Morgan fingerprint density at radius 3 is 2.54 bits per heavy atom. The maximum absolute atomic E-state index is 12.3. The zero-order chi connectivity index (χ0) is 19.6. The molecule has 1 aromatic heterocycles. The second-order valence-corrected chi connectivity index (χ2v) is 8.87. The number of aromatic nitrogens is 1. The van der Waals surface area contributed by atoms with E-state index < -0.39 is 0 Å². The lowest BCUT2D eigenvalue weighted by molar-refractivity contribution is -0.151. The summed E-state index contributed by atoms with van der Waals surface area (Å²) in [5.41, 5.74) is -0.0191. The topological polar surface area (TPSA) is 48.9 Å². The second-order valence-electron chi connectivity index (χ2n) is 8.87. The molecular formula is C22H34N4O2. The molecule has 6 heteroatoms. The molecule has 3 aliphatic rings. The molecule has 1 aromatic rings. The number of pyridine rings is 1. The first kappa shape index (κ1) is 19.6. The highest BCUT2D eigenvalue weighted by Crippen LogP contribution is 2.37. The minimum atomic E-state index is -0.0191. The monoisotopic (exact) mass is 386 g/mol. The van der Waals surface area contributed by atoms with Crippen molar-refractivity contribution in [1.82, 2.24) is 14.8 Å². The molecule has 0 aliphatic carbocycles. The summed E-state index contributed by atoms with van der Waals surface area (Å²) in [6.45, 7) is 10.8. The molecule has 0 saturated carbocycles. The van der Waals surface area contributed by atoms with Crippen molar-refractivity contribution >= 4 is 11.7 Å². The van der Waals surface area contributed by atoms with Crippen molar-refractivity contribution < 1.29 is 9.53 Å². The fourth-order valence-corrected chi connectivity index (χ4v) is 5.02. The molecular weight excluding hydrogens is 352 g/mol. The summed E-state index contributed by atoms with van der Waals surface area (Å²) in [4.78, 5) is 23.9. The van der Waals surface area contributed by atoms with E-state index in [1.54, 1.807) is 0 Å². The van der Waals surface area contributed by atoms with Crippen molar-refractivity contribution in [2.75, 3.05) is 50.8 Å². The van der Waals surface area contributed by atoms with Gasteiger partial charge in [-0.1, -0.05) is 19.9 Å². The quantitative estimate of drug-likeness (QED) is 0.798. The SMILES string of the molecule is CC(C)C(=O)N1CCC2(CC1)CC(N1CCN(c3ccccn3)CC1)CCO2. The van der Waals surface area contributed by atoms with Gasteiger partial charge >= 0.3 is 0 Å². The molecule has 0 bridgehead atoms. The summed E-state index contributed by atoms with van der Waals surface area (Å²) < 4.78 is 6.32. The smallest absolute Gasteiger partial charge is 0.225 e. The van der Waals surface area contributed by atoms with Crippen LogP contribution in [0.15, 0.2) is 24.4 Å². The third kappa shape index (κ3) is 4.18. The Kier molecular flexibility index (Phi) is 5.88. The molecule has 28 heavy (non-hydrogen) atoms. The number of hydrogen-bond acceptors (Lipinski definition) is 5. The van der Waals surface area contributed by atoms with E-state index in [-0.39, 0.29) is 17.4 Å². The molecule has 4 rings (SSSR count). The number of piperazine rings is 1. The molecule has 1 spiro atoms. The summed E-state index contributed by atoms with van der Waals surface area (Å²) in [7, 11) is 0. The summed E-state index contributed by atoms with van der Waals surface area (Å²) in [5.74, 6) is 1.46. The van der Waals surface area contributed by atoms with Crippen LogP contribution in [0, 0.1) is 5.92 Å². The van der Waals surface area contributed by atoms with Crippen LogP contribution in [0.1, 0.15) is 39.5 Å². The van der Waals surface area contributed by atoms with Crippen molar-refractivity contribution in [3.05, 3.63) is 24.4 Å². The maximum atomic E-state index is 12.3. The Hall–Kier alpha value is -1.66. The second kappa shape index (κ2) is 8.37. The van der Waals surface area contributed by atoms with Crippen LogP contribution in [0.2, 0.25) is 0 Å². The summed E-state index contributed by atoms with van der Waals surface area (Å²) >= 11 is 0. The van der Waals surface area contributed by atoms with Crippen LogP contribution in [0.5, 0.6) is 0 Å². The predicted molar refractivity (Wildman–Crippen MR) is 110 cm³/mol. The molecule has 1 unspecified atom stereocenters. The summed E-state index contributed by atoms with van der Waals surface area (Å²) in [6.07, 6.45) is 6.08. The number of rotatable bonds is 3. The van der Waals surface area contributed by atoms with Gasteiger partial charge in [0.05, 0.1) is 5.60 Å². The van der Waals surface area contributed by atoms with E-state index >= 15 is 0 Å². The van der Waals surface area contributed by atoms with Crippen molar-refractivity contribution in [1.29, 1.82) is 0 Å². The van der Waals surface area contributed by atoms with Gasteiger partial charge in [0.2, 0.25) is 5.91 Å². The summed E-state index contributed by atoms with van der Waals surface area (Å²) in [5, 5.41) is 0. The van der Waals surface area contributed by atoms with Crippen LogP contribution >= 0.6 is 0 Å². The fraction of sp³-hybridized carbons (Fsp3) is 0.727. The average molecular weight is 387 g/mol. The highest BCUT2D eigenvalue weighted by Gasteiger charge is 2.43. The number of nitrogens with zero attached hydrogens (tertiary/aromatic N) is 4. The first-order valence-electron chi connectivity index (χ1n) is 10.9. The number of anilines is 1. The Labute approximate surface area is 168 Å². The minimum Gasteiger partial charge on any atom is -0.375 e. The van der Waals surface area contributed by atoms with Gasteiger partial charge in [0.1, 0.15) is 5.82 Å². The van der Waals surface area contributed by atoms with E-state index in [0.717, 1.165) is 77.4 Å². The van der Waals surface area contributed by atoms with Crippen molar-refractivity contribution in [2.24, 2.45) is 5.92 Å². The van der Waals surface area contributed by atoms with E-state index in [9.17, 15) is 4.79 Å². The number of carbonyl (C=O) groups is 1. The minimum absolute atomic E-state index is 0.0191. The molecule has 3 saturated heterocycles. The highest BCUT2D eigenvalue weighted by atomic mass is 16.5. The molecule has 0 aromatic carbocycles. The number of amides is 1. The van der Waals surface area contributed by atoms with E-state index in [0.29, 0.717) is 6.04 Å². The standard InChI is InChI=1S/C22H34N4O2/c1-18(2)21(27)26-10-7-22(8-11-26)17-19(6-16-28-22)24-12-14-25(15-13-24)20-5-3-4-9-23-20/h3-5,9,18-19H,6-8,10-17H2,1-2H3. The lowest BCUT2D eigenvalue weighted by atomic mass is 9.81. The zero-order valence-corrected chi connectivity index (χ0v) is 17.3. The summed E-state index contributed by atoms with van der Waals surface area (Å²) in [6, 6.07) is 6.74. The van der Waals surface area contributed by atoms with E-state index in [1.807, 2.05) is 31.0 Å². The van der Waals surface area contributed by atoms with Gasteiger partial charge in [-0.15, -0.1) is 0 Å². The first-order valence-corrected chi connectivity index (χ1v) is 10.9. The van der Waals surface area contributed by atoms with Crippen LogP contribution < -0.4 is 4.90 Å². The molecule has 4 heterocycles. The van der Waals surface area contributed by atoms with Crippen LogP contribution in [0.25, 0.3) is 0 Å². The highest BCUT2D eigenvalue weighted by molar-refractivity contribution is 5.78. The maximum Gasteiger partial charge on any atom is 0.225 e. The molecule has 1 atom stereocenters. The first-order chi connectivity index (χ1) is 13.6.